The van der Waals surface area contributed by atoms with E-state index in [4.69, 9.17) is 5.73 Å². The van der Waals surface area contributed by atoms with Crippen LogP contribution in [0.3, 0.4) is 0 Å². The van der Waals surface area contributed by atoms with Crippen LogP contribution in [0.5, 0.6) is 0 Å². The third kappa shape index (κ3) is 5.17. The van der Waals surface area contributed by atoms with Crippen LogP contribution in [-0.4, -0.2) is 8.42 Å². The third-order valence-electron chi connectivity index (χ3n) is 5.20. The topological polar surface area (TPSA) is 72.2 Å². The highest BCUT2D eigenvalue weighted by atomic mass is 32.2. The van der Waals surface area contributed by atoms with Crippen molar-refractivity contribution in [3.8, 4) is 0 Å². The third-order valence-corrected chi connectivity index (χ3v) is 6.66. The van der Waals surface area contributed by atoms with Gasteiger partial charge in [0.15, 0.2) is 0 Å². The molecule has 0 aliphatic heterocycles. The summed E-state index contributed by atoms with van der Waals surface area (Å²) in [4.78, 5) is 0.232. The zero-order chi connectivity index (χ0) is 22.1. The van der Waals surface area contributed by atoms with Gasteiger partial charge in [0, 0.05) is 0 Å². The summed E-state index contributed by atoms with van der Waals surface area (Å²) in [6.07, 6.45) is 0. The zero-order valence-corrected chi connectivity index (χ0v) is 19.0. The maximum Gasteiger partial charge on any atom is 0.241 e. The van der Waals surface area contributed by atoms with Crippen LogP contribution < -0.4 is 10.5 Å². The highest BCUT2D eigenvalue weighted by Gasteiger charge is 2.28. The minimum atomic E-state index is -3.75. The molecular formula is C25H30N2O2S. The molecule has 158 valence electrons. The average Bonchev–Trinajstić information content (AvgIpc) is 2.64. The van der Waals surface area contributed by atoms with Crippen molar-refractivity contribution in [3.63, 3.8) is 0 Å². The van der Waals surface area contributed by atoms with E-state index in [0.29, 0.717) is 0 Å². The standard InChI is InChI=1S/C25H30N2O2S/c1-16-6-8-23(9-7-16)30(28,29)27-25(22-14-19(4)11-20(5)15-22)24(26)21-12-17(2)10-18(3)13-21/h6-15,24-25,27H,26H2,1-5H3/t24-,25-/m0/s1. The van der Waals surface area contributed by atoms with Gasteiger partial charge in [-0.2, -0.15) is 0 Å². The van der Waals surface area contributed by atoms with E-state index in [2.05, 4.69) is 16.9 Å². The molecule has 0 aliphatic rings. The molecule has 3 aromatic rings. The maximum absolute atomic E-state index is 13.2. The maximum atomic E-state index is 13.2. The summed E-state index contributed by atoms with van der Waals surface area (Å²) in [6, 6.07) is 17.9. The molecule has 0 saturated heterocycles. The fourth-order valence-corrected chi connectivity index (χ4v) is 5.13. The first-order valence-electron chi connectivity index (χ1n) is 10.1. The predicted molar refractivity (Wildman–Crippen MR) is 123 cm³/mol. The van der Waals surface area contributed by atoms with Crippen LogP contribution in [0.4, 0.5) is 0 Å². The van der Waals surface area contributed by atoms with Crippen LogP contribution in [0.15, 0.2) is 65.6 Å². The smallest absolute Gasteiger partial charge is 0.241 e. The fraction of sp³-hybridized carbons (Fsp3) is 0.280. The van der Waals surface area contributed by atoms with Gasteiger partial charge in [0.2, 0.25) is 10.0 Å². The van der Waals surface area contributed by atoms with Crippen molar-refractivity contribution in [2.75, 3.05) is 0 Å². The van der Waals surface area contributed by atoms with Gasteiger partial charge in [0.1, 0.15) is 0 Å². The molecule has 5 heteroatoms. The first kappa shape index (κ1) is 22.2. The molecule has 0 bridgehead atoms. The molecule has 0 unspecified atom stereocenters. The Morgan fingerprint density at radius 1 is 0.667 bits per heavy atom. The SMILES string of the molecule is Cc1ccc(S(=O)(=O)N[C@@H](c2cc(C)cc(C)c2)[C@@H](N)c2cc(C)cc(C)c2)cc1. The number of rotatable bonds is 6. The average molecular weight is 423 g/mol. The van der Waals surface area contributed by atoms with Crippen molar-refractivity contribution in [3.05, 3.63) is 99.6 Å². The second-order valence-corrected chi connectivity index (χ2v) is 9.99. The number of hydrogen-bond donors (Lipinski definition) is 2. The number of benzene rings is 3. The summed E-state index contributed by atoms with van der Waals surface area (Å²) in [5.41, 5.74) is 13.8. The van der Waals surface area contributed by atoms with Gasteiger partial charge >= 0.3 is 0 Å². The van der Waals surface area contributed by atoms with Crippen LogP contribution in [0.1, 0.15) is 51.0 Å². The van der Waals surface area contributed by atoms with Crippen LogP contribution in [-0.2, 0) is 10.0 Å². The lowest BCUT2D eigenvalue weighted by Gasteiger charge is -2.27. The lowest BCUT2D eigenvalue weighted by molar-refractivity contribution is 0.503. The highest BCUT2D eigenvalue weighted by molar-refractivity contribution is 7.89. The Bertz CT molecular complexity index is 1110. The van der Waals surface area contributed by atoms with E-state index in [9.17, 15) is 8.42 Å². The quantitative estimate of drug-likeness (QED) is 0.590. The highest BCUT2D eigenvalue weighted by Crippen LogP contribution is 2.31. The first-order chi connectivity index (χ1) is 14.0. The largest absolute Gasteiger partial charge is 0.322 e. The van der Waals surface area contributed by atoms with E-state index >= 15 is 0 Å². The molecule has 0 spiro atoms. The fourth-order valence-electron chi connectivity index (χ4n) is 3.89. The number of sulfonamides is 1. The van der Waals surface area contributed by atoms with Crippen LogP contribution in [0, 0.1) is 34.6 Å². The summed E-state index contributed by atoms with van der Waals surface area (Å²) in [6.45, 7) is 9.98. The Morgan fingerprint density at radius 3 is 1.57 bits per heavy atom. The Hall–Kier alpha value is -2.47. The molecule has 4 nitrogen and oxygen atoms in total. The van der Waals surface area contributed by atoms with Gasteiger partial charge in [-0.05, 0) is 57.9 Å². The molecule has 0 amide bonds. The Morgan fingerprint density at radius 2 is 1.10 bits per heavy atom. The van der Waals surface area contributed by atoms with E-state index in [1.54, 1.807) is 24.3 Å². The number of nitrogens with one attached hydrogen (secondary N) is 1. The van der Waals surface area contributed by atoms with E-state index in [1.807, 2.05) is 58.9 Å². The van der Waals surface area contributed by atoms with E-state index < -0.39 is 22.1 Å². The molecule has 0 radical (unpaired) electrons. The second-order valence-electron chi connectivity index (χ2n) is 8.28. The van der Waals surface area contributed by atoms with Gasteiger partial charge in [-0.3, -0.25) is 0 Å². The van der Waals surface area contributed by atoms with Gasteiger partial charge < -0.3 is 5.73 Å². The van der Waals surface area contributed by atoms with Crippen LogP contribution >= 0.6 is 0 Å². The Labute approximate surface area is 180 Å². The van der Waals surface area contributed by atoms with Crippen molar-refractivity contribution in [2.24, 2.45) is 5.73 Å². The summed E-state index contributed by atoms with van der Waals surface area (Å²) in [7, 11) is -3.75. The minimum Gasteiger partial charge on any atom is -0.322 e. The van der Waals surface area contributed by atoms with Crippen molar-refractivity contribution in [2.45, 2.75) is 51.6 Å². The molecule has 0 fully saturated rings. The van der Waals surface area contributed by atoms with Gasteiger partial charge in [-0.1, -0.05) is 76.3 Å². The molecule has 0 heterocycles. The molecule has 0 saturated carbocycles. The molecule has 3 N–H and O–H groups in total. The Balaban J connectivity index is 2.08. The van der Waals surface area contributed by atoms with E-state index in [0.717, 1.165) is 38.9 Å². The van der Waals surface area contributed by atoms with Crippen molar-refractivity contribution < 1.29 is 8.42 Å². The zero-order valence-electron chi connectivity index (χ0n) is 18.2. The van der Waals surface area contributed by atoms with Crippen LogP contribution in [0.2, 0.25) is 0 Å². The summed E-state index contributed by atoms with van der Waals surface area (Å²) >= 11 is 0. The summed E-state index contributed by atoms with van der Waals surface area (Å²) < 4.78 is 29.3. The molecule has 3 rings (SSSR count). The Kier molecular flexibility index (Phi) is 6.46. The molecule has 2 atom stereocenters. The second kappa shape index (κ2) is 8.72. The van der Waals surface area contributed by atoms with Crippen molar-refractivity contribution >= 4 is 10.0 Å². The molecule has 3 aromatic carbocycles. The minimum absolute atomic E-state index is 0.232. The summed E-state index contributed by atoms with van der Waals surface area (Å²) in [5.74, 6) is 0. The van der Waals surface area contributed by atoms with Gasteiger partial charge in [-0.15, -0.1) is 0 Å². The number of hydrogen-bond acceptors (Lipinski definition) is 3. The van der Waals surface area contributed by atoms with E-state index in [1.165, 1.54) is 0 Å². The predicted octanol–water partition coefficient (Wildman–Crippen LogP) is 4.95. The van der Waals surface area contributed by atoms with E-state index in [-0.39, 0.29) is 4.90 Å². The molecule has 0 aromatic heterocycles. The van der Waals surface area contributed by atoms with Crippen LogP contribution in [0.25, 0.3) is 0 Å². The lowest BCUT2D eigenvalue weighted by Crippen LogP contribution is -2.36. The summed E-state index contributed by atoms with van der Waals surface area (Å²) in [5, 5.41) is 0. The monoisotopic (exact) mass is 422 g/mol. The number of aryl methyl sites for hydroxylation is 5. The first-order valence-corrected chi connectivity index (χ1v) is 11.5. The van der Waals surface area contributed by atoms with Gasteiger partial charge in [0.05, 0.1) is 17.0 Å². The number of nitrogens with two attached hydrogens (primary N) is 1. The molecular weight excluding hydrogens is 392 g/mol. The molecule has 0 aliphatic carbocycles. The molecule has 30 heavy (non-hydrogen) atoms. The van der Waals surface area contributed by atoms with Crippen molar-refractivity contribution in [1.29, 1.82) is 0 Å². The lowest BCUT2D eigenvalue weighted by atomic mass is 9.91. The van der Waals surface area contributed by atoms with Crippen molar-refractivity contribution in [1.82, 2.24) is 4.72 Å². The van der Waals surface area contributed by atoms with Gasteiger partial charge in [-0.25, -0.2) is 13.1 Å². The normalized spacial score (nSPS) is 13.8. The van der Waals surface area contributed by atoms with Gasteiger partial charge in [0.25, 0.3) is 0 Å².